The first-order valence-corrected chi connectivity index (χ1v) is 5.09. The first kappa shape index (κ1) is 12.6. The van der Waals surface area contributed by atoms with E-state index in [2.05, 4.69) is 5.32 Å². The van der Waals surface area contributed by atoms with Gasteiger partial charge in [0.15, 0.2) is 0 Å². The van der Waals surface area contributed by atoms with E-state index in [1.807, 2.05) is 13.0 Å². The van der Waals surface area contributed by atoms with Gasteiger partial charge in [-0.1, -0.05) is 0 Å². The second-order valence-electron chi connectivity index (χ2n) is 3.60. The highest BCUT2D eigenvalue weighted by Gasteiger charge is 2.04. The third-order valence-corrected chi connectivity index (χ3v) is 2.32. The molecule has 0 spiro atoms. The maximum absolute atomic E-state index is 13.3. The maximum atomic E-state index is 13.3. The van der Waals surface area contributed by atoms with Gasteiger partial charge in [-0.3, -0.25) is 0 Å². The zero-order valence-corrected chi connectivity index (χ0v) is 9.46. The second-order valence-corrected chi connectivity index (χ2v) is 3.60. The number of nitrogens with zero attached hydrogens (tertiary/aromatic N) is 1. The van der Waals surface area contributed by atoms with Crippen molar-refractivity contribution in [3.8, 4) is 6.07 Å². The summed E-state index contributed by atoms with van der Waals surface area (Å²) in [5, 5.41) is 11.8. The lowest BCUT2D eigenvalue weighted by molar-refractivity contribution is 0.117. The van der Waals surface area contributed by atoms with Crippen molar-refractivity contribution >= 4 is 0 Å². The van der Waals surface area contributed by atoms with Gasteiger partial charge in [-0.15, -0.1) is 0 Å². The SMILES string of the molecule is COC(C)CNCc1cc(C#N)ccc1F. The molecular weight excluding hydrogens is 207 g/mol. The molecule has 0 saturated heterocycles. The Labute approximate surface area is 94.8 Å². The third-order valence-electron chi connectivity index (χ3n) is 2.32. The Morgan fingerprint density at radius 1 is 1.56 bits per heavy atom. The maximum Gasteiger partial charge on any atom is 0.127 e. The molecule has 0 aliphatic carbocycles. The van der Waals surface area contributed by atoms with Crippen LogP contribution >= 0.6 is 0 Å². The van der Waals surface area contributed by atoms with Crippen LogP contribution in [0.15, 0.2) is 18.2 Å². The van der Waals surface area contributed by atoms with E-state index in [0.717, 1.165) is 0 Å². The van der Waals surface area contributed by atoms with Gasteiger partial charge < -0.3 is 10.1 Å². The smallest absolute Gasteiger partial charge is 0.127 e. The summed E-state index contributed by atoms with van der Waals surface area (Å²) in [7, 11) is 1.63. The van der Waals surface area contributed by atoms with Crippen molar-refractivity contribution in [3.05, 3.63) is 35.1 Å². The van der Waals surface area contributed by atoms with Crippen LogP contribution < -0.4 is 5.32 Å². The molecule has 0 heterocycles. The van der Waals surface area contributed by atoms with E-state index in [9.17, 15) is 4.39 Å². The summed E-state index contributed by atoms with van der Waals surface area (Å²) < 4.78 is 18.4. The lowest BCUT2D eigenvalue weighted by Crippen LogP contribution is -2.25. The molecule has 0 aliphatic heterocycles. The Kier molecular flexibility index (Phi) is 4.90. The van der Waals surface area contributed by atoms with Gasteiger partial charge in [-0.05, 0) is 25.1 Å². The lowest BCUT2D eigenvalue weighted by Gasteiger charge is -2.11. The number of nitriles is 1. The average Bonchev–Trinajstić information content (AvgIpc) is 2.31. The highest BCUT2D eigenvalue weighted by molar-refractivity contribution is 5.33. The molecule has 1 aromatic rings. The summed E-state index contributed by atoms with van der Waals surface area (Å²) in [6, 6.07) is 6.32. The predicted octanol–water partition coefficient (Wildman–Crippen LogP) is 1.82. The fraction of sp³-hybridized carbons (Fsp3) is 0.417. The molecule has 0 aliphatic rings. The van der Waals surface area contributed by atoms with Gasteiger partial charge in [-0.25, -0.2) is 4.39 Å². The van der Waals surface area contributed by atoms with E-state index in [-0.39, 0.29) is 11.9 Å². The number of methoxy groups -OCH3 is 1. The first-order chi connectivity index (χ1) is 7.67. The van der Waals surface area contributed by atoms with Crippen LogP contribution in [0.1, 0.15) is 18.1 Å². The van der Waals surface area contributed by atoms with E-state index in [0.29, 0.717) is 24.2 Å². The quantitative estimate of drug-likeness (QED) is 0.826. The normalized spacial score (nSPS) is 12.1. The lowest BCUT2D eigenvalue weighted by atomic mass is 10.1. The van der Waals surface area contributed by atoms with E-state index in [1.54, 1.807) is 13.2 Å². The molecule has 1 aromatic carbocycles. The van der Waals surface area contributed by atoms with E-state index < -0.39 is 0 Å². The topological polar surface area (TPSA) is 45.0 Å². The summed E-state index contributed by atoms with van der Waals surface area (Å²) in [6.07, 6.45) is 0.0854. The van der Waals surface area contributed by atoms with Gasteiger partial charge in [0.2, 0.25) is 0 Å². The fourth-order valence-electron chi connectivity index (χ4n) is 1.27. The molecule has 1 N–H and O–H groups in total. The molecule has 0 bridgehead atoms. The van der Waals surface area contributed by atoms with Gasteiger partial charge in [0, 0.05) is 25.8 Å². The van der Waals surface area contributed by atoms with Crippen LogP contribution in [0.3, 0.4) is 0 Å². The predicted molar refractivity (Wildman–Crippen MR) is 59.3 cm³/mol. The Bertz CT molecular complexity index is 387. The zero-order valence-electron chi connectivity index (χ0n) is 9.46. The molecule has 16 heavy (non-hydrogen) atoms. The number of hydrogen-bond donors (Lipinski definition) is 1. The molecule has 0 fully saturated rings. The van der Waals surface area contributed by atoms with Crippen molar-refractivity contribution in [2.75, 3.05) is 13.7 Å². The minimum atomic E-state index is -0.295. The van der Waals surface area contributed by atoms with Gasteiger partial charge in [-0.2, -0.15) is 5.26 Å². The van der Waals surface area contributed by atoms with Crippen LogP contribution in [0.5, 0.6) is 0 Å². The summed E-state index contributed by atoms with van der Waals surface area (Å²) in [5.41, 5.74) is 0.973. The van der Waals surface area contributed by atoms with Crippen LogP contribution in [0, 0.1) is 17.1 Å². The van der Waals surface area contributed by atoms with Crippen LogP contribution in [0.4, 0.5) is 4.39 Å². The molecule has 4 heteroatoms. The minimum absolute atomic E-state index is 0.0854. The molecule has 3 nitrogen and oxygen atoms in total. The highest BCUT2D eigenvalue weighted by Crippen LogP contribution is 2.09. The molecule has 1 rings (SSSR count). The summed E-state index contributed by atoms with van der Waals surface area (Å²) in [4.78, 5) is 0. The molecular formula is C12H15FN2O. The number of halogens is 1. The summed E-state index contributed by atoms with van der Waals surface area (Å²) in [5.74, 6) is -0.295. The van der Waals surface area contributed by atoms with E-state index in [4.69, 9.17) is 10.00 Å². The Balaban J connectivity index is 2.56. The summed E-state index contributed by atoms with van der Waals surface area (Å²) >= 11 is 0. The Morgan fingerprint density at radius 3 is 2.94 bits per heavy atom. The largest absolute Gasteiger partial charge is 0.380 e. The molecule has 0 amide bonds. The fourth-order valence-corrected chi connectivity index (χ4v) is 1.27. The van der Waals surface area contributed by atoms with Gasteiger partial charge in [0.1, 0.15) is 5.82 Å². The molecule has 1 unspecified atom stereocenters. The standard InChI is InChI=1S/C12H15FN2O/c1-9(16-2)7-15-8-11-5-10(6-14)3-4-12(11)13/h3-5,9,15H,7-8H2,1-2H3. The Hall–Kier alpha value is -1.44. The zero-order chi connectivity index (χ0) is 12.0. The van der Waals surface area contributed by atoms with Gasteiger partial charge in [0.05, 0.1) is 17.7 Å². The monoisotopic (exact) mass is 222 g/mol. The summed E-state index contributed by atoms with van der Waals surface area (Å²) in [6.45, 7) is 2.97. The van der Waals surface area contributed by atoms with Crippen molar-refractivity contribution in [3.63, 3.8) is 0 Å². The van der Waals surface area contributed by atoms with Crippen LogP contribution in [-0.2, 0) is 11.3 Å². The van der Waals surface area contributed by atoms with Crippen molar-refractivity contribution < 1.29 is 9.13 Å². The van der Waals surface area contributed by atoms with Crippen LogP contribution in [0.2, 0.25) is 0 Å². The minimum Gasteiger partial charge on any atom is -0.380 e. The average molecular weight is 222 g/mol. The number of hydrogen-bond acceptors (Lipinski definition) is 3. The van der Waals surface area contributed by atoms with E-state index >= 15 is 0 Å². The van der Waals surface area contributed by atoms with Gasteiger partial charge >= 0.3 is 0 Å². The van der Waals surface area contributed by atoms with Gasteiger partial charge in [0.25, 0.3) is 0 Å². The first-order valence-electron chi connectivity index (χ1n) is 5.09. The highest BCUT2D eigenvalue weighted by atomic mass is 19.1. The number of rotatable bonds is 5. The molecule has 86 valence electrons. The van der Waals surface area contributed by atoms with E-state index in [1.165, 1.54) is 12.1 Å². The van der Waals surface area contributed by atoms with Crippen LogP contribution in [-0.4, -0.2) is 19.8 Å². The van der Waals surface area contributed by atoms with Crippen molar-refractivity contribution in [1.29, 1.82) is 5.26 Å². The van der Waals surface area contributed by atoms with Crippen molar-refractivity contribution in [2.24, 2.45) is 0 Å². The van der Waals surface area contributed by atoms with Crippen molar-refractivity contribution in [2.45, 2.75) is 19.6 Å². The third kappa shape index (κ3) is 3.61. The molecule has 0 saturated carbocycles. The molecule has 0 radical (unpaired) electrons. The number of benzene rings is 1. The Morgan fingerprint density at radius 2 is 2.31 bits per heavy atom. The number of ether oxygens (including phenoxy) is 1. The second kappa shape index (κ2) is 6.21. The molecule has 1 atom stereocenters. The number of nitrogens with one attached hydrogen (secondary N) is 1. The van der Waals surface area contributed by atoms with Crippen molar-refractivity contribution in [1.82, 2.24) is 5.32 Å². The van der Waals surface area contributed by atoms with Crippen LogP contribution in [0.25, 0.3) is 0 Å². The molecule has 0 aromatic heterocycles.